The van der Waals surface area contributed by atoms with E-state index in [1.165, 1.54) is 76.9 Å². The number of hydrogen-bond acceptors (Lipinski definition) is 1. The van der Waals surface area contributed by atoms with Crippen molar-refractivity contribution in [3.8, 4) is 0 Å². The number of unbranched alkanes of at least 4 members (excludes halogenated alkanes) is 2. The van der Waals surface area contributed by atoms with Gasteiger partial charge in [0.2, 0.25) is 0 Å². The third kappa shape index (κ3) is 3.85. The number of rotatable bonds is 8. The maximum Gasteiger partial charge on any atom is 0.134 e. The molecule has 0 fully saturated rings. The third-order valence-electron chi connectivity index (χ3n) is 5.86. The minimum absolute atomic E-state index is 0.963. The van der Waals surface area contributed by atoms with E-state index in [-0.39, 0.29) is 0 Å². The van der Waals surface area contributed by atoms with E-state index in [1.807, 2.05) is 6.26 Å². The predicted octanol–water partition coefficient (Wildman–Crippen LogP) is 7.86. The normalized spacial score (nSPS) is 11.5. The molecule has 0 unspecified atom stereocenters. The van der Waals surface area contributed by atoms with Crippen molar-refractivity contribution in [2.75, 3.05) is 0 Å². The lowest BCUT2D eigenvalue weighted by Crippen LogP contribution is -2.02. The van der Waals surface area contributed by atoms with Gasteiger partial charge < -0.3 is 4.42 Å². The highest BCUT2D eigenvalue weighted by Gasteiger charge is 2.13. The van der Waals surface area contributed by atoms with Gasteiger partial charge in [-0.25, -0.2) is 0 Å². The summed E-state index contributed by atoms with van der Waals surface area (Å²) < 4.78 is 5.97. The first-order chi connectivity index (χ1) is 13.8. The molecule has 0 N–H and O–H groups in total. The van der Waals surface area contributed by atoms with E-state index in [0.29, 0.717) is 0 Å². The first-order valence-electron chi connectivity index (χ1n) is 10.8. The summed E-state index contributed by atoms with van der Waals surface area (Å²) in [6.07, 6.45) is 10.3. The number of aryl methyl sites for hydroxylation is 2. The molecule has 1 aromatic heterocycles. The summed E-state index contributed by atoms with van der Waals surface area (Å²) in [5, 5.41) is 3.77. The van der Waals surface area contributed by atoms with Gasteiger partial charge >= 0.3 is 0 Å². The van der Waals surface area contributed by atoms with Gasteiger partial charge in [0.05, 0.1) is 6.26 Å². The smallest absolute Gasteiger partial charge is 0.134 e. The second kappa shape index (κ2) is 8.65. The van der Waals surface area contributed by atoms with Crippen LogP contribution in [0.15, 0.2) is 65.3 Å². The molecule has 0 spiro atoms. The highest BCUT2D eigenvalue weighted by atomic mass is 16.3. The van der Waals surface area contributed by atoms with Gasteiger partial charge in [0, 0.05) is 17.4 Å². The van der Waals surface area contributed by atoms with Crippen LogP contribution in [-0.4, -0.2) is 0 Å². The summed E-state index contributed by atoms with van der Waals surface area (Å²) in [6.45, 7) is 4.55. The maximum absolute atomic E-state index is 5.97. The van der Waals surface area contributed by atoms with E-state index in [0.717, 1.165) is 12.0 Å². The van der Waals surface area contributed by atoms with Crippen LogP contribution in [0.5, 0.6) is 0 Å². The van der Waals surface area contributed by atoms with Gasteiger partial charge in [-0.05, 0) is 65.3 Å². The third-order valence-corrected chi connectivity index (χ3v) is 5.86. The zero-order chi connectivity index (χ0) is 19.3. The van der Waals surface area contributed by atoms with Crippen LogP contribution in [0, 0.1) is 0 Å². The molecule has 0 radical (unpaired) electrons. The highest BCUT2D eigenvalue weighted by Crippen LogP contribution is 2.30. The Hall–Kier alpha value is -2.54. The Morgan fingerprint density at radius 3 is 2.00 bits per heavy atom. The van der Waals surface area contributed by atoms with E-state index in [1.54, 1.807) is 0 Å². The molecule has 0 bridgehead atoms. The fourth-order valence-corrected chi connectivity index (χ4v) is 4.21. The first-order valence-corrected chi connectivity index (χ1v) is 10.8. The number of fused-ring (bicyclic) bond motifs is 2. The number of furan rings is 1. The van der Waals surface area contributed by atoms with E-state index in [4.69, 9.17) is 4.42 Å². The summed E-state index contributed by atoms with van der Waals surface area (Å²) in [6, 6.07) is 19.9. The zero-order valence-electron chi connectivity index (χ0n) is 17.1. The summed E-state index contributed by atoms with van der Waals surface area (Å²) in [5.74, 6) is 0. The largest absolute Gasteiger partial charge is 0.464 e. The van der Waals surface area contributed by atoms with Crippen molar-refractivity contribution in [3.63, 3.8) is 0 Å². The summed E-state index contributed by atoms with van der Waals surface area (Å²) >= 11 is 0. The Kier molecular flexibility index (Phi) is 5.81. The highest BCUT2D eigenvalue weighted by molar-refractivity contribution is 5.97. The zero-order valence-corrected chi connectivity index (χ0v) is 17.1. The van der Waals surface area contributed by atoms with Crippen molar-refractivity contribution in [1.29, 1.82) is 0 Å². The molecular weight excluding hydrogens is 340 g/mol. The van der Waals surface area contributed by atoms with Crippen molar-refractivity contribution in [1.82, 2.24) is 0 Å². The van der Waals surface area contributed by atoms with Gasteiger partial charge in [0.1, 0.15) is 5.58 Å². The molecule has 144 valence electrons. The van der Waals surface area contributed by atoms with Gasteiger partial charge in [0.25, 0.3) is 0 Å². The maximum atomic E-state index is 5.97. The molecule has 28 heavy (non-hydrogen) atoms. The monoisotopic (exact) mass is 370 g/mol. The van der Waals surface area contributed by atoms with Crippen molar-refractivity contribution in [2.45, 2.75) is 58.8 Å². The second-order valence-corrected chi connectivity index (χ2v) is 7.90. The van der Waals surface area contributed by atoms with Crippen LogP contribution in [0.2, 0.25) is 0 Å². The Bertz CT molecular complexity index is 1040. The van der Waals surface area contributed by atoms with Crippen LogP contribution < -0.4 is 0 Å². The molecule has 0 atom stereocenters. The van der Waals surface area contributed by atoms with E-state index >= 15 is 0 Å². The van der Waals surface area contributed by atoms with Crippen LogP contribution in [0.3, 0.4) is 0 Å². The lowest BCUT2D eigenvalue weighted by atomic mass is 9.90. The molecule has 0 aliphatic carbocycles. The van der Waals surface area contributed by atoms with Gasteiger partial charge in [-0.1, -0.05) is 69.2 Å². The molecule has 1 nitrogen and oxygen atoms in total. The molecule has 0 saturated heterocycles. The SMILES string of the molecule is CCCCc1cccc(CCCC)c1Cc1coc2cc3ccccc3cc12. The quantitative estimate of drug-likeness (QED) is 0.307. The van der Waals surface area contributed by atoms with Gasteiger partial charge in [-0.2, -0.15) is 0 Å². The lowest BCUT2D eigenvalue weighted by Gasteiger charge is -2.15. The Labute approximate surface area is 168 Å². The van der Waals surface area contributed by atoms with Crippen LogP contribution in [0.1, 0.15) is 61.8 Å². The molecule has 4 rings (SSSR count). The minimum atomic E-state index is 0.963. The standard InChI is InChI=1S/C27H30O/c1-3-5-10-20-14-9-15-21(11-6-4-2)25(20)17-24-19-28-27-18-23-13-8-7-12-22(23)16-26(24)27/h7-9,12-16,18-19H,3-6,10-11,17H2,1-2H3. The first kappa shape index (κ1) is 18.8. The molecule has 0 saturated carbocycles. The van der Waals surface area contributed by atoms with Gasteiger partial charge in [-0.3, -0.25) is 0 Å². The molecule has 3 aromatic carbocycles. The second-order valence-electron chi connectivity index (χ2n) is 7.90. The van der Waals surface area contributed by atoms with Crippen molar-refractivity contribution >= 4 is 21.7 Å². The average Bonchev–Trinajstić information content (AvgIpc) is 3.11. The van der Waals surface area contributed by atoms with E-state index < -0.39 is 0 Å². The molecule has 0 amide bonds. The summed E-state index contributed by atoms with van der Waals surface area (Å²) in [7, 11) is 0. The molecular formula is C27H30O. The summed E-state index contributed by atoms with van der Waals surface area (Å²) in [5.41, 5.74) is 6.87. The van der Waals surface area contributed by atoms with Gasteiger partial charge in [-0.15, -0.1) is 0 Å². The fourth-order valence-electron chi connectivity index (χ4n) is 4.21. The van der Waals surface area contributed by atoms with Gasteiger partial charge in [0.15, 0.2) is 0 Å². The molecule has 4 aromatic rings. The van der Waals surface area contributed by atoms with Crippen molar-refractivity contribution < 1.29 is 4.42 Å². The molecule has 1 heteroatoms. The van der Waals surface area contributed by atoms with Crippen LogP contribution >= 0.6 is 0 Å². The van der Waals surface area contributed by atoms with E-state index in [9.17, 15) is 0 Å². The lowest BCUT2D eigenvalue weighted by molar-refractivity contribution is 0.612. The Morgan fingerprint density at radius 1 is 0.714 bits per heavy atom. The average molecular weight is 371 g/mol. The minimum Gasteiger partial charge on any atom is -0.464 e. The molecule has 1 heterocycles. The number of hydrogen-bond donors (Lipinski definition) is 0. The molecule has 0 aliphatic heterocycles. The Balaban J connectivity index is 1.75. The topological polar surface area (TPSA) is 13.1 Å². The Morgan fingerprint density at radius 2 is 1.36 bits per heavy atom. The fraction of sp³-hybridized carbons (Fsp3) is 0.333. The number of benzene rings is 3. The van der Waals surface area contributed by atoms with Crippen LogP contribution in [0.25, 0.3) is 21.7 Å². The molecule has 0 aliphatic rings. The van der Waals surface area contributed by atoms with E-state index in [2.05, 4.69) is 68.4 Å². The van der Waals surface area contributed by atoms with Crippen molar-refractivity contribution in [3.05, 3.63) is 83.1 Å². The van der Waals surface area contributed by atoms with Crippen molar-refractivity contribution in [2.24, 2.45) is 0 Å². The van der Waals surface area contributed by atoms with Crippen LogP contribution in [0.4, 0.5) is 0 Å². The van der Waals surface area contributed by atoms with Crippen LogP contribution in [-0.2, 0) is 19.3 Å². The summed E-state index contributed by atoms with van der Waals surface area (Å²) in [4.78, 5) is 0. The predicted molar refractivity (Wildman–Crippen MR) is 120 cm³/mol.